The van der Waals surface area contributed by atoms with Crippen LogP contribution in [-0.2, 0) is 4.74 Å². The van der Waals surface area contributed by atoms with Crippen molar-refractivity contribution < 1.29 is 9.13 Å². The van der Waals surface area contributed by atoms with Crippen molar-refractivity contribution in [3.8, 4) is 0 Å². The summed E-state index contributed by atoms with van der Waals surface area (Å²) in [4.78, 5) is 15.0. The second-order valence-corrected chi connectivity index (χ2v) is 6.61. The van der Waals surface area contributed by atoms with Crippen molar-refractivity contribution in [2.24, 2.45) is 0 Å². The molecule has 126 valence electrons. The summed E-state index contributed by atoms with van der Waals surface area (Å²) in [7, 11) is 0. The molecule has 0 aliphatic carbocycles. The Balaban J connectivity index is 1.41. The van der Waals surface area contributed by atoms with Crippen molar-refractivity contribution in [2.75, 3.05) is 29.9 Å². The van der Waals surface area contributed by atoms with Crippen LogP contribution in [0.2, 0.25) is 0 Å². The molecular formula is C17H20FN5O. The normalized spacial score (nSPS) is 26.2. The van der Waals surface area contributed by atoms with Gasteiger partial charge in [-0.2, -0.15) is 0 Å². The number of aryl methyl sites for hydroxylation is 1. The first-order valence-electron chi connectivity index (χ1n) is 8.18. The molecule has 2 aromatic heterocycles. The summed E-state index contributed by atoms with van der Waals surface area (Å²) in [5.41, 5.74) is 0.836. The van der Waals surface area contributed by atoms with Gasteiger partial charge >= 0.3 is 0 Å². The minimum Gasteiger partial charge on any atom is -0.371 e. The molecule has 1 spiro atoms. The molecule has 2 aliphatic heterocycles. The summed E-state index contributed by atoms with van der Waals surface area (Å²) in [6.45, 7) is 4.16. The average Bonchev–Trinajstić information content (AvgIpc) is 3.18. The van der Waals surface area contributed by atoms with E-state index < -0.39 is 0 Å². The molecule has 0 bridgehead atoms. The van der Waals surface area contributed by atoms with Crippen molar-refractivity contribution in [1.29, 1.82) is 0 Å². The third-order valence-corrected chi connectivity index (χ3v) is 4.67. The predicted molar refractivity (Wildman–Crippen MR) is 88.5 cm³/mol. The number of aromatic nitrogens is 3. The Labute approximate surface area is 140 Å². The van der Waals surface area contributed by atoms with Gasteiger partial charge in [-0.3, -0.25) is 0 Å². The molecule has 2 unspecified atom stereocenters. The third kappa shape index (κ3) is 2.91. The Bertz CT molecular complexity index is 725. The van der Waals surface area contributed by atoms with Crippen LogP contribution >= 0.6 is 0 Å². The first-order valence-corrected chi connectivity index (χ1v) is 8.18. The van der Waals surface area contributed by atoms with E-state index in [0.29, 0.717) is 12.4 Å². The van der Waals surface area contributed by atoms with Crippen molar-refractivity contribution in [1.82, 2.24) is 15.0 Å². The molecule has 2 aliphatic rings. The van der Waals surface area contributed by atoms with Gasteiger partial charge in [0.2, 0.25) is 5.95 Å². The topological polar surface area (TPSA) is 63.2 Å². The number of nitrogens with zero attached hydrogens (tertiary/aromatic N) is 4. The molecule has 7 heteroatoms. The number of nitrogens with one attached hydrogen (secondary N) is 1. The Hall–Kier alpha value is -2.28. The number of rotatable bonds is 3. The van der Waals surface area contributed by atoms with Gasteiger partial charge in [0, 0.05) is 31.6 Å². The fourth-order valence-electron chi connectivity index (χ4n) is 3.47. The van der Waals surface area contributed by atoms with Crippen LogP contribution in [0.5, 0.6) is 0 Å². The summed E-state index contributed by atoms with van der Waals surface area (Å²) in [5.74, 6) is 0.702. The third-order valence-electron chi connectivity index (χ3n) is 4.67. The largest absolute Gasteiger partial charge is 0.371 e. The van der Waals surface area contributed by atoms with E-state index in [1.807, 2.05) is 19.3 Å². The minimum atomic E-state index is -0.334. The maximum absolute atomic E-state index is 13.7. The summed E-state index contributed by atoms with van der Waals surface area (Å²) < 4.78 is 19.8. The predicted octanol–water partition coefficient (Wildman–Crippen LogP) is 2.17. The van der Waals surface area contributed by atoms with Crippen LogP contribution in [0.15, 0.2) is 30.7 Å². The number of pyridine rings is 1. The molecule has 2 aromatic rings. The van der Waals surface area contributed by atoms with E-state index in [9.17, 15) is 4.39 Å². The van der Waals surface area contributed by atoms with Gasteiger partial charge in [-0.1, -0.05) is 0 Å². The van der Waals surface area contributed by atoms with Crippen LogP contribution in [-0.4, -0.2) is 46.3 Å². The number of hydrogen-bond donors (Lipinski definition) is 1. The molecule has 4 rings (SSSR count). The number of anilines is 2. The molecule has 4 heterocycles. The molecule has 0 saturated carbocycles. The zero-order chi connectivity index (χ0) is 16.6. The lowest BCUT2D eigenvalue weighted by Gasteiger charge is -2.23. The van der Waals surface area contributed by atoms with Gasteiger partial charge < -0.3 is 15.0 Å². The molecule has 2 fully saturated rings. The van der Waals surface area contributed by atoms with E-state index in [2.05, 4.69) is 25.2 Å². The van der Waals surface area contributed by atoms with Crippen LogP contribution in [0, 0.1) is 12.7 Å². The van der Waals surface area contributed by atoms with E-state index in [0.717, 1.165) is 37.4 Å². The molecule has 2 atom stereocenters. The standard InChI is InChI=1S/C17H20FN5O/c1-12-8-20-16(21-9-12)23-6-4-17(11-23)7-13(10-24-17)22-15-14(18)3-2-5-19-15/h2-3,5,8-9,13H,4,6-7,10-11H2,1H3,(H,19,22). The fourth-order valence-corrected chi connectivity index (χ4v) is 3.47. The van der Waals surface area contributed by atoms with Gasteiger partial charge in [0.25, 0.3) is 0 Å². The van der Waals surface area contributed by atoms with Crippen molar-refractivity contribution >= 4 is 11.8 Å². The van der Waals surface area contributed by atoms with Crippen LogP contribution in [0.1, 0.15) is 18.4 Å². The van der Waals surface area contributed by atoms with Gasteiger partial charge in [0.15, 0.2) is 11.6 Å². The molecule has 2 saturated heterocycles. The average molecular weight is 329 g/mol. The lowest BCUT2D eigenvalue weighted by molar-refractivity contribution is 0.0228. The lowest BCUT2D eigenvalue weighted by Crippen LogP contribution is -2.34. The van der Waals surface area contributed by atoms with E-state index in [1.165, 1.54) is 6.07 Å². The van der Waals surface area contributed by atoms with Crippen LogP contribution in [0.25, 0.3) is 0 Å². The molecular weight excluding hydrogens is 309 g/mol. The Morgan fingerprint density at radius 3 is 2.96 bits per heavy atom. The van der Waals surface area contributed by atoms with E-state index in [-0.39, 0.29) is 17.5 Å². The monoisotopic (exact) mass is 329 g/mol. The van der Waals surface area contributed by atoms with Crippen molar-refractivity contribution in [3.05, 3.63) is 42.1 Å². The molecule has 6 nitrogen and oxygen atoms in total. The smallest absolute Gasteiger partial charge is 0.225 e. The number of halogens is 1. The highest BCUT2D eigenvalue weighted by atomic mass is 19.1. The van der Waals surface area contributed by atoms with E-state index in [1.54, 1.807) is 12.3 Å². The van der Waals surface area contributed by atoms with Gasteiger partial charge in [-0.25, -0.2) is 19.3 Å². The molecule has 1 N–H and O–H groups in total. The highest BCUT2D eigenvalue weighted by Gasteiger charge is 2.46. The second-order valence-electron chi connectivity index (χ2n) is 6.61. The Morgan fingerprint density at radius 1 is 1.33 bits per heavy atom. The highest BCUT2D eigenvalue weighted by Crippen LogP contribution is 2.37. The fraction of sp³-hybridized carbons (Fsp3) is 0.471. The Kier molecular flexibility index (Phi) is 3.80. The maximum Gasteiger partial charge on any atom is 0.225 e. The van der Waals surface area contributed by atoms with Gasteiger partial charge in [0.1, 0.15) is 0 Å². The summed E-state index contributed by atoms with van der Waals surface area (Å²) in [5, 5.41) is 3.16. The molecule has 0 aromatic carbocycles. The Morgan fingerprint density at radius 2 is 2.17 bits per heavy atom. The highest BCUT2D eigenvalue weighted by molar-refractivity contribution is 5.38. The van der Waals surface area contributed by atoms with Gasteiger partial charge in [-0.15, -0.1) is 0 Å². The van der Waals surface area contributed by atoms with E-state index in [4.69, 9.17) is 4.74 Å². The summed E-state index contributed by atoms with van der Waals surface area (Å²) >= 11 is 0. The van der Waals surface area contributed by atoms with Gasteiger partial charge in [0.05, 0.1) is 24.8 Å². The van der Waals surface area contributed by atoms with Crippen LogP contribution in [0.4, 0.5) is 16.2 Å². The van der Waals surface area contributed by atoms with Crippen molar-refractivity contribution in [3.63, 3.8) is 0 Å². The number of hydrogen-bond acceptors (Lipinski definition) is 6. The molecule has 24 heavy (non-hydrogen) atoms. The van der Waals surface area contributed by atoms with Crippen LogP contribution < -0.4 is 10.2 Å². The first-order chi connectivity index (χ1) is 11.6. The quantitative estimate of drug-likeness (QED) is 0.931. The SMILES string of the molecule is Cc1cnc(N2CCC3(CC(Nc4ncccc4F)CO3)C2)nc1. The van der Waals surface area contributed by atoms with Crippen LogP contribution in [0.3, 0.4) is 0 Å². The van der Waals surface area contributed by atoms with E-state index >= 15 is 0 Å². The zero-order valence-electron chi connectivity index (χ0n) is 13.6. The minimum absolute atomic E-state index is 0.0632. The first kappa shape index (κ1) is 15.3. The number of ether oxygens (including phenoxy) is 1. The van der Waals surface area contributed by atoms with Gasteiger partial charge in [-0.05, 0) is 31.0 Å². The molecule has 0 amide bonds. The second kappa shape index (κ2) is 5.98. The zero-order valence-corrected chi connectivity index (χ0v) is 13.6. The summed E-state index contributed by atoms with van der Waals surface area (Å²) in [6.07, 6.45) is 7.00. The van der Waals surface area contributed by atoms with Crippen molar-refractivity contribution in [2.45, 2.75) is 31.4 Å². The lowest BCUT2D eigenvalue weighted by atomic mass is 9.97. The molecule has 0 radical (unpaired) electrons. The maximum atomic E-state index is 13.7. The summed E-state index contributed by atoms with van der Waals surface area (Å²) in [6, 6.07) is 3.06.